The molecule has 2 rings (SSSR count). The summed E-state index contributed by atoms with van der Waals surface area (Å²) in [5.41, 5.74) is 0.246. The van der Waals surface area contributed by atoms with Crippen LogP contribution in [0.5, 0.6) is 0 Å². The number of hydrogen-bond acceptors (Lipinski definition) is 4. The number of nitro groups is 1. The summed E-state index contributed by atoms with van der Waals surface area (Å²) in [6.07, 6.45) is 2.69. The maximum atomic E-state index is 12.1. The largest absolute Gasteiger partial charge is 0.352 e. The molecule has 7 heteroatoms. The lowest BCUT2D eigenvalue weighted by Gasteiger charge is -2.10. The molecule has 1 N–H and O–H groups in total. The highest BCUT2D eigenvalue weighted by molar-refractivity contribution is 5.94. The summed E-state index contributed by atoms with van der Waals surface area (Å²) in [5.74, 6) is 0.204. The molecule has 0 spiro atoms. The van der Waals surface area contributed by atoms with Crippen molar-refractivity contribution < 1.29 is 9.72 Å². The van der Waals surface area contributed by atoms with Crippen LogP contribution in [0.1, 0.15) is 29.8 Å². The van der Waals surface area contributed by atoms with Crippen molar-refractivity contribution in [2.45, 2.75) is 20.4 Å². The van der Waals surface area contributed by atoms with Crippen molar-refractivity contribution in [2.75, 3.05) is 6.54 Å². The van der Waals surface area contributed by atoms with Crippen molar-refractivity contribution in [3.63, 3.8) is 0 Å². The first-order valence-corrected chi connectivity index (χ1v) is 7.58. The van der Waals surface area contributed by atoms with Gasteiger partial charge in [-0.2, -0.15) is 0 Å². The number of hydrogen-bond donors (Lipinski definition) is 1. The number of benzene rings is 1. The van der Waals surface area contributed by atoms with Crippen LogP contribution in [-0.4, -0.2) is 21.9 Å². The Morgan fingerprint density at radius 2 is 2.08 bits per heavy atom. The van der Waals surface area contributed by atoms with E-state index in [4.69, 9.17) is 0 Å². The Balaban J connectivity index is 2.18. The SMILES string of the molecule is CC(C)CNC(=O)c1cccc(Cn2ccc(=O)c([N+](=O)[O-])c2)c1. The van der Waals surface area contributed by atoms with Crippen molar-refractivity contribution >= 4 is 11.6 Å². The quantitative estimate of drug-likeness (QED) is 0.649. The van der Waals surface area contributed by atoms with Gasteiger partial charge in [0.2, 0.25) is 0 Å². The van der Waals surface area contributed by atoms with E-state index in [0.29, 0.717) is 24.6 Å². The lowest BCUT2D eigenvalue weighted by molar-refractivity contribution is -0.386. The number of pyridine rings is 1. The van der Waals surface area contributed by atoms with E-state index in [1.807, 2.05) is 19.9 Å². The molecule has 0 aliphatic carbocycles. The molecule has 24 heavy (non-hydrogen) atoms. The van der Waals surface area contributed by atoms with Crippen LogP contribution in [0, 0.1) is 16.0 Å². The second-order valence-electron chi connectivity index (χ2n) is 5.93. The predicted octanol–water partition coefficient (Wildman–Crippen LogP) is 2.19. The van der Waals surface area contributed by atoms with Crippen LogP contribution in [0.15, 0.2) is 47.5 Å². The highest BCUT2D eigenvalue weighted by Crippen LogP contribution is 2.10. The Hall–Kier alpha value is -2.96. The zero-order valence-electron chi connectivity index (χ0n) is 13.6. The number of amides is 1. The molecule has 0 fully saturated rings. The van der Waals surface area contributed by atoms with E-state index in [9.17, 15) is 19.7 Å². The summed E-state index contributed by atoms with van der Waals surface area (Å²) >= 11 is 0. The van der Waals surface area contributed by atoms with E-state index in [1.54, 1.807) is 22.8 Å². The molecule has 0 bridgehead atoms. The van der Waals surface area contributed by atoms with Gasteiger partial charge >= 0.3 is 5.69 Å². The summed E-state index contributed by atoms with van der Waals surface area (Å²) in [6.45, 7) is 4.95. The number of carbonyl (C=O) groups is 1. The third-order valence-electron chi connectivity index (χ3n) is 3.38. The third kappa shape index (κ3) is 4.52. The number of rotatable bonds is 6. The van der Waals surface area contributed by atoms with Crippen LogP contribution in [0.3, 0.4) is 0 Å². The molecule has 0 radical (unpaired) electrons. The Morgan fingerprint density at radius 3 is 2.75 bits per heavy atom. The van der Waals surface area contributed by atoms with Gasteiger partial charge in [-0.25, -0.2) is 0 Å². The highest BCUT2D eigenvalue weighted by Gasteiger charge is 2.12. The van der Waals surface area contributed by atoms with Gasteiger partial charge in [0.25, 0.3) is 11.3 Å². The summed E-state index contributed by atoms with van der Waals surface area (Å²) in [6, 6.07) is 8.20. The maximum absolute atomic E-state index is 12.1. The molecule has 0 aliphatic rings. The van der Waals surface area contributed by atoms with Gasteiger partial charge in [0.05, 0.1) is 11.1 Å². The molecule has 126 valence electrons. The number of aromatic nitrogens is 1. The fraction of sp³-hybridized carbons (Fsp3) is 0.294. The van der Waals surface area contributed by atoms with E-state index < -0.39 is 16.0 Å². The van der Waals surface area contributed by atoms with Crippen LogP contribution < -0.4 is 10.7 Å². The van der Waals surface area contributed by atoms with Crippen LogP contribution in [0.2, 0.25) is 0 Å². The van der Waals surface area contributed by atoms with Crippen LogP contribution in [0.4, 0.5) is 5.69 Å². The summed E-state index contributed by atoms with van der Waals surface area (Å²) in [4.78, 5) is 33.7. The van der Waals surface area contributed by atoms with Gasteiger partial charge in [0.15, 0.2) is 0 Å². The second-order valence-corrected chi connectivity index (χ2v) is 5.93. The summed E-state index contributed by atoms with van der Waals surface area (Å²) in [7, 11) is 0. The molecule has 2 aromatic rings. The van der Waals surface area contributed by atoms with Crippen molar-refractivity contribution in [3.05, 3.63) is 74.2 Å². The van der Waals surface area contributed by atoms with Gasteiger partial charge in [-0.1, -0.05) is 26.0 Å². The van der Waals surface area contributed by atoms with E-state index in [1.165, 1.54) is 12.4 Å². The van der Waals surface area contributed by atoms with Gasteiger partial charge in [-0.15, -0.1) is 0 Å². The molecule has 0 unspecified atom stereocenters. The molecule has 1 aromatic carbocycles. The Bertz CT molecular complexity index is 811. The minimum Gasteiger partial charge on any atom is -0.352 e. The van der Waals surface area contributed by atoms with Crippen LogP contribution in [0.25, 0.3) is 0 Å². The van der Waals surface area contributed by atoms with Gasteiger partial charge in [0, 0.05) is 30.9 Å². The lowest BCUT2D eigenvalue weighted by atomic mass is 10.1. The fourth-order valence-corrected chi connectivity index (χ4v) is 2.17. The molecular weight excluding hydrogens is 310 g/mol. The summed E-state index contributed by atoms with van der Waals surface area (Å²) < 4.78 is 1.55. The smallest absolute Gasteiger partial charge is 0.332 e. The third-order valence-corrected chi connectivity index (χ3v) is 3.38. The maximum Gasteiger partial charge on any atom is 0.332 e. The highest BCUT2D eigenvalue weighted by atomic mass is 16.6. The zero-order chi connectivity index (χ0) is 17.7. The Kier molecular flexibility index (Phi) is 5.47. The van der Waals surface area contributed by atoms with E-state index in [0.717, 1.165) is 11.6 Å². The number of carbonyl (C=O) groups excluding carboxylic acids is 1. The first kappa shape index (κ1) is 17.4. The number of nitrogens with zero attached hydrogens (tertiary/aromatic N) is 2. The van der Waals surface area contributed by atoms with Crippen molar-refractivity contribution in [1.82, 2.24) is 9.88 Å². The standard InChI is InChI=1S/C17H19N3O4/c1-12(2)9-18-17(22)14-5-3-4-13(8-14)10-19-7-6-16(21)15(11-19)20(23)24/h3-8,11-12H,9-10H2,1-2H3,(H,18,22). The second kappa shape index (κ2) is 7.54. The monoisotopic (exact) mass is 329 g/mol. The number of nitrogens with one attached hydrogen (secondary N) is 1. The average molecular weight is 329 g/mol. The van der Waals surface area contributed by atoms with Crippen molar-refractivity contribution in [2.24, 2.45) is 5.92 Å². The van der Waals surface area contributed by atoms with E-state index in [2.05, 4.69) is 5.32 Å². The first-order valence-electron chi connectivity index (χ1n) is 7.58. The molecule has 7 nitrogen and oxygen atoms in total. The topological polar surface area (TPSA) is 94.2 Å². The normalized spacial score (nSPS) is 10.6. The van der Waals surface area contributed by atoms with Gasteiger partial charge in [0.1, 0.15) is 0 Å². The zero-order valence-corrected chi connectivity index (χ0v) is 13.6. The van der Waals surface area contributed by atoms with Crippen molar-refractivity contribution in [3.8, 4) is 0 Å². The molecule has 0 aliphatic heterocycles. The minimum atomic E-state index is -0.700. The predicted molar refractivity (Wildman–Crippen MR) is 90.1 cm³/mol. The molecular formula is C17H19N3O4. The van der Waals surface area contributed by atoms with Crippen LogP contribution in [-0.2, 0) is 6.54 Å². The fourth-order valence-electron chi connectivity index (χ4n) is 2.17. The summed E-state index contributed by atoms with van der Waals surface area (Å²) in [5, 5.41) is 13.7. The Labute approximate surface area is 139 Å². The van der Waals surface area contributed by atoms with Gasteiger partial charge in [-0.3, -0.25) is 19.7 Å². The van der Waals surface area contributed by atoms with Gasteiger partial charge < -0.3 is 9.88 Å². The van der Waals surface area contributed by atoms with Gasteiger partial charge in [-0.05, 0) is 23.6 Å². The average Bonchev–Trinajstić information content (AvgIpc) is 2.54. The Morgan fingerprint density at radius 1 is 1.33 bits per heavy atom. The lowest BCUT2D eigenvalue weighted by Crippen LogP contribution is -2.27. The van der Waals surface area contributed by atoms with E-state index >= 15 is 0 Å². The van der Waals surface area contributed by atoms with Crippen molar-refractivity contribution in [1.29, 1.82) is 0 Å². The molecule has 1 heterocycles. The molecule has 0 atom stereocenters. The molecule has 0 saturated heterocycles. The van der Waals surface area contributed by atoms with E-state index in [-0.39, 0.29) is 5.91 Å². The molecule has 0 saturated carbocycles. The van der Waals surface area contributed by atoms with Crippen LogP contribution >= 0.6 is 0 Å². The first-order chi connectivity index (χ1) is 11.4. The molecule has 1 aromatic heterocycles. The molecule has 1 amide bonds. The minimum absolute atomic E-state index is 0.156.